The summed E-state index contributed by atoms with van der Waals surface area (Å²) in [5.74, 6) is 0.802. The monoisotopic (exact) mass is 317 g/mol. The van der Waals surface area contributed by atoms with Crippen molar-refractivity contribution in [2.24, 2.45) is 0 Å². The zero-order valence-corrected chi connectivity index (χ0v) is 13.6. The quantitative estimate of drug-likeness (QED) is 0.727. The Labute approximate surface area is 135 Å². The molecule has 1 aromatic carbocycles. The normalized spacial score (nSPS) is 10.6. The Morgan fingerprint density at radius 2 is 1.70 bits per heavy atom. The summed E-state index contributed by atoms with van der Waals surface area (Å²) in [5, 5.41) is 18.5. The number of benzene rings is 1. The minimum Gasteiger partial charge on any atom is -0.392 e. The van der Waals surface area contributed by atoms with E-state index >= 15 is 0 Å². The van der Waals surface area contributed by atoms with E-state index in [1.807, 2.05) is 38.1 Å². The molecule has 0 saturated carbocycles. The van der Waals surface area contributed by atoms with Crippen LogP contribution in [0.15, 0.2) is 28.8 Å². The fourth-order valence-electron chi connectivity index (χ4n) is 2.35. The van der Waals surface area contributed by atoms with Gasteiger partial charge < -0.3 is 20.3 Å². The summed E-state index contributed by atoms with van der Waals surface area (Å²) < 4.78 is 5.09. The first-order valence-corrected chi connectivity index (χ1v) is 7.72. The molecule has 0 radical (unpaired) electrons. The Balaban J connectivity index is 1.65. The summed E-state index contributed by atoms with van der Waals surface area (Å²) in [5.41, 5.74) is 3.93. The fourth-order valence-corrected chi connectivity index (χ4v) is 2.35. The number of nitrogens with one attached hydrogen (secondary N) is 2. The molecule has 2 aromatic rings. The molecule has 0 bridgehead atoms. The third-order valence-electron chi connectivity index (χ3n) is 3.75. The lowest BCUT2D eigenvalue weighted by molar-refractivity contribution is 0.241. The molecule has 0 spiro atoms. The third-order valence-corrected chi connectivity index (χ3v) is 3.75. The Morgan fingerprint density at radius 3 is 2.26 bits per heavy atom. The van der Waals surface area contributed by atoms with E-state index < -0.39 is 0 Å². The average Bonchev–Trinajstić information content (AvgIpc) is 2.87. The van der Waals surface area contributed by atoms with Gasteiger partial charge in [-0.15, -0.1) is 0 Å². The van der Waals surface area contributed by atoms with E-state index in [1.165, 1.54) is 0 Å². The molecule has 6 heteroatoms. The molecule has 0 fully saturated rings. The number of hydrogen-bond donors (Lipinski definition) is 3. The van der Waals surface area contributed by atoms with Crippen molar-refractivity contribution in [3.05, 3.63) is 52.4 Å². The van der Waals surface area contributed by atoms with Crippen molar-refractivity contribution in [1.82, 2.24) is 15.8 Å². The molecular weight excluding hydrogens is 294 g/mol. The number of amides is 2. The van der Waals surface area contributed by atoms with Crippen LogP contribution >= 0.6 is 0 Å². The average molecular weight is 317 g/mol. The molecule has 1 aromatic heterocycles. The number of nitrogens with zero attached hydrogens (tertiary/aromatic N) is 1. The van der Waals surface area contributed by atoms with Gasteiger partial charge in [-0.2, -0.15) is 0 Å². The van der Waals surface area contributed by atoms with Crippen molar-refractivity contribution < 1.29 is 14.4 Å². The minimum absolute atomic E-state index is 0.0477. The second kappa shape index (κ2) is 8.33. The topological polar surface area (TPSA) is 87.4 Å². The van der Waals surface area contributed by atoms with Crippen LogP contribution in [-0.4, -0.2) is 29.4 Å². The largest absolute Gasteiger partial charge is 0.392 e. The van der Waals surface area contributed by atoms with E-state index in [4.69, 9.17) is 9.63 Å². The van der Waals surface area contributed by atoms with Gasteiger partial charge in [0.1, 0.15) is 5.76 Å². The van der Waals surface area contributed by atoms with Gasteiger partial charge in [0, 0.05) is 18.7 Å². The molecule has 2 rings (SSSR count). The Kier molecular flexibility index (Phi) is 6.17. The lowest BCUT2D eigenvalue weighted by Gasteiger charge is -2.08. The highest BCUT2D eigenvalue weighted by molar-refractivity contribution is 5.73. The van der Waals surface area contributed by atoms with E-state index in [2.05, 4.69) is 15.8 Å². The van der Waals surface area contributed by atoms with Crippen LogP contribution in [0.3, 0.4) is 0 Å². The van der Waals surface area contributed by atoms with Crippen molar-refractivity contribution in [3.63, 3.8) is 0 Å². The van der Waals surface area contributed by atoms with Gasteiger partial charge in [0.15, 0.2) is 0 Å². The number of aromatic nitrogens is 1. The zero-order valence-electron chi connectivity index (χ0n) is 13.6. The Morgan fingerprint density at radius 1 is 1.09 bits per heavy atom. The second-order valence-corrected chi connectivity index (χ2v) is 5.46. The lowest BCUT2D eigenvalue weighted by atomic mass is 10.1. The van der Waals surface area contributed by atoms with Gasteiger partial charge in [0.2, 0.25) is 0 Å². The number of aryl methyl sites for hydroxylation is 2. The SMILES string of the molecule is Cc1noc(C)c1CCNC(=O)NCCc1ccc(CO)cc1. The predicted octanol–water partition coefficient (Wildman–Crippen LogP) is 1.87. The lowest BCUT2D eigenvalue weighted by Crippen LogP contribution is -2.37. The van der Waals surface area contributed by atoms with Crippen LogP contribution in [0, 0.1) is 13.8 Å². The molecule has 6 nitrogen and oxygen atoms in total. The first-order chi connectivity index (χ1) is 11.1. The summed E-state index contributed by atoms with van der Waals surface area (Å²) in [6, 6.07) is 7.52. The maximum atomic E-state index is 11.7. The Bertz CT molecular complexity index is 616. The van der Waals surface area contributed by atoms with Gasteiger partial charge >= 0.3 is 6.03 Å². The Hall–Kier alpha value is -2.34. The number of urea groups is 1. The number of aliphatic hydroxyl groups is 1. The maximum absolute atomic E-state index is 11.7. The van der Waals surface area contributed by atoms with E-state index in [-0.39, 0.29) is 12.6 Å². The number of rotatable bonds is 7. The van der Waals surface area contributed by atoms with Crippen molar-refractivity contribution in [1.29, 1.82) is 0 Å². The number of carbonyl (C=O) groups excluding carboxylic acids is 1. The summed E-state index contributed by atoms with van der Waals surface area (Å²) in [6.45, 7) is 4.92. The van der Waals surface area contributed by atoms with Gasteiger partial charge in [0.05, 0.1) is 12.3 Å². The first-order valence-electron chi connectivity index (χ1n) is 7.72. The highest BCUT2D eigenvalue weighted by Crippen LogP contribution is 2.11. The van der Waals surface area contributed by atoms with Gasteiger partial charge in [-0.25, -0.2) is 4.79 Å². The molecule has 0 aliphatic heterocycles. The molecule has 0 saturated heterocycles. The maximum Gasteiger partial charge on any atom is 0.314 e. The van der Waals surface area contributed by atoms with Gasteiger partial charge in [-0.1, -0.05) is 29.4 Å². The third kappa shape index (κ3) is 5.10. The van der Waals surface area contributed by atoms with Crippen molar-refractivity contribution in [2.75, 3.05) is 13.1 Å². The van der Waals surface area contributed by atoms with Gasteiger partial charge in [-0.05, 0) is 37.8 Å². The molecule has 3 N–H and O–H groups in total. The molecule has 2 amide bonds. The smallest absolute Gasteiger partial charge is 0.314 e. The van der Waals surface area contributed by atoms with Gasteiger partial charge in [-0.3, -0.25) is 0 Å². The standard InChI is InChI=1S/C17H23N3O3/c1-12-16(13(2)23-20-12)8-10-19-17(22)18-9-7-14-3-5-15(11-21)6-4-14/h3-6,21H,7-11H2,1-2H3,(H2,18,19,22). The minimum atomic E-state index is -0.177. The highest BCUT2D eigenvalue weighted by Gasteiger charge is 2.08. The highest BCUT2D eigenvalue weighted by atomic mass is 16.5. The molecule has 1 heterocycles. The summed E-state index contributed by atoms with van der Waals surface area (Å²) in [7, 11) is 0. The summed E-state index contributed by atoms with van der Waals surface area (Å²) in [4.78, 5) is 11.7. The molecule has 0 atom stereocenters. The van der Waals surface area contributed by atoms with Crippen LogP contribution in [0.5, 0.6) is 0 Å². The zero-order chi connectivity index (χ0) is 16.7. The number of aliphatic hydroxyl groups excluding tert-OH is 1. The van der Waals surface area contributed by atoms with E-state index in [0.717, 1.165) is 34.6 Å². The van der Waals surface area contributed by atoms with Crippen molar-refractivity contribution >= 4 is 6.03 Å². The number of carbonyl (C=O) groups is 1. The summed E-state index contributed by atoms with van der Waals surface area (Å²) in [6.07, 6.45) is 1.46. The van der Waals surface area contributed by atoms with E-state index in [9.17, 15) is 4.79 Å². The predicted molar refractivity (Wildman–Crippen MR) is 87.2 cm³/mol. The van der Waals surface area contributed by atoms with E-state index in [1.54, 1.807) is 0 Å². The van der Waals surface area contributed by atoms with Crippen LogP contribution < -0.4 is 10.6 Å². The molecule has 0 unspecified atom stereocenters. The number of hydrogen-bond acceptors (Lipinski definition) is 4. The first kappa shape index (κ1) is 17.0. The molecule has 23 heavy (non-hydrogen) atoms. The van der Waals surface area contributed by atoms with Crippen molar-refractivity contribution in [3.8, 4) is 0 Å². The molecule has 0 aliphatic carbocycles. The van der Waals surface area contributed by atoms with Crippen LogP contribution in [0.1, 0.15) is 28.1 Å². The van der Waals surface area contributed by atoms with Crippen LogP contribution in [0.2, 0.25) is 0 Å². The van der Waals surface area contributed by atoms with Crippen LogP contribution in [0.25, 0.3) is 0 Å². The second-order valence-electron chi connectivity index (χ2n) is 5.46. The fraction of sp³-hybridized carbons (Fsp3) is 0.412. The van der Waals surface area contributed by atoms with Crippen LogP contribution in [-0.2, 0) is 19.4 Å². The van der Waals surface area contributed by atoms with Crippen LogP contribution in [0.4, 0.5) is 4.79 Å². The molecule has 0 aliphatic rings. The molecule has 124 valence electrons. The van der Waals surface area contributed by atoms with Crippen molar-refractivity contribution in [2.45, 2.75) is 33.3 Å². The molecular formula is C17H23N3O3. The summed E-state index contributed by atoms with van der Waals surface area (Å²) >= 11 is 0. The van der Waals surface area contributed by atoms with E-state index in [0.29, 0.717) is 19.5 Å². The van der Waals surface area contributed by atoms with Gasteiger partial charge in [0.25, 0.3) is 0 Å².